The molecule has 6 heteroatoms. The first-order chi connectivity index (χ1) is 11.3. The smallest absolute Gasteiger partial charge is 0.124 e. The van der Waals surface area contributed by atoms with Crippen molar-refractivity contribution < 1.29 is 8.95 Å². The number of nitrogens with two attached hydrogens (primary N) is 1. The van der Waals surface area contributed by atoms with Gasteiger partial charge in [-0.2, -0.15) is 0 Å². The van der Waals surface area contributed by atoms with E-state index in [1.165, 1.54) is 0 Å². The van der Waals surface area contributed by atoms with Crippen LogP contribution in [0.15, 0.2) is 53.4 Å². The lowest BCUT2D eigenvalue weighted by Gasteiger charge is -2.15. The third-order valence-corrected chi connectivity index (χ3v) is 5.44. The van der Waals surface area contributed by atoms with Crippen LogP contribution in [-0.4, -0.2) is 47.3 Å². The minimum absolute atomic E-state index is 0.0933. The molecule has 0 saturated heterocycles. The molecule has 0 fully saturated rings. The van der Waals surface area contributed by atoms with E-state index in [0.717, 1.165) is 6.54 Å². The molecule has 0 aliphatic heterocycles. The Labute approximate surface area is 143 Å². The number of nitrogens with one attached hydrogen (secondary N) is 1. The van der Waals surface area contributed by atoms with Crippen LogP contribution < -0.4 is 10.5 Å². The molecule has 0 radical (unpaired) electrons. The maximum atomic E-state index is 13.0. The van der Waals surface area contributed by atoms with Crippen LogP contribution in [0.4, 0.5) is 5.69 Å². The number of anilines is 1. The van der Waals surface area contributed by atoms with E-state index in [2.05, 4.69) is 5.87 Å². The molecule has 2 aromatic carbocycles. The summed E-state index contributed by atoms with van der Waals surface area (Å²) in [7, 11) is 1.00. The van der Waals surface area contributed by atoms with Crippen LogP contribution in [-0.2, 0) is 9.52 Å². The SMILES string of the molecule is C=S(=O)(C(=N)c1cc(OCCN(C)C)ccc1N)c1ccccc1. The number of nitrogen functional groups attached to an aromatic ring is 1. The molecule has 2 aromatic rings. The normalized spacial score (nSPS) is 13.5. The second-order valence-electron chi connectivity index (χ2n) is 5.72. The average Bonchev–Trinajstić information content (AvgIpc) is 2.56. The van der Waals surface area contributed by atoms with Crippen molar-refractivity contribution in [1.29, 1.82) is 5.41 Å². The Balaban J connectivity index is 2.29. The Hall–Kier alpha value is -2.31. The highest BCUT2D eigenvalue weighted by Crippen LogP contribution is 2.24. The van der Waals surface area contributed by atoms with Gasteiger partial charge in [-0.1, -0.05) is 18.2 Å². The van der Waals surface area contributed by atoms with Gasteiger partial charge in [-0.25, -0.2) is 0 Å². The third-order valence-electron chi connectivity index (χ3n) is 3.53. The van der Waals surface area contributed by atoms with Gasteiger partial charge in [0.2, 0.25) is 0 Å². The van der Waals surface area contributed by atoms with Gasteiger partial charge < -0.3 is 15.4 Å². The molecular formula is C18H23N3O2S. The van der Waals surface area contributed by atoms with E-state index in [-0.39, 0.29) is 5.04 Å². The van der Waals surface area contributed by atoms with Crippen molar-refractivity contribution in [3.63, 3.8) is 0 Å². The summed E-state index contributed by atoms with van der Waals surface area (Å²) < 4.78 is 18.7. The lowest BCUT2D eigenvalue weighted by Crippen LogP contribution is -2.20. The van der Waals surface area contributed by atoms with Gasteiger partial charge in [0, 0.05) is 32.2 Å². The second kappa shape index (κ2) is 7.51. The van der Waals surface area contributed by atoms with E-state index in [4.69, 9.17) is 15.9 Å². The highest BCUT2D eigenvalue weighted by Gasteiger charge is 2.19. The first-order valence-corrected chi connectivity index (χ1v) is 9.23. The number of nitrogens with zero attached hydrogens (tertiary/aromatic N) is 1. The first-order valence-electron chi connectivity index (χ1n) is 7.50. The standard InChI is InChI=1S/C18H23N3O2S/c1-21(2)11-12-23-14-9-10-17(19)16(13-14)18(20)24(3,22)15-7-5-4-6-8-15/h4-10,13,20H,3,11-12,19H2,1-2H3. The maximum Gasteiger partial charge on any atom is 0.124 e. The van der Waals surface area contributed by atoms with E-state index in [1.54, 1.807) is 42.5 Å². The molecule has 5 nitrogen and oxygen atoms in total. The summed E-state index contributed by atoms with van der Waals surface area (Å²) in [6.07, 6.45) is 0. The molecule has 0 spiro atoms. The zero-order chi connectivity index (χ0) is 17.7. The maximum absolute atomic E-state index is 13.0. The van der Waals surface area contributed by atoms with Gasteiger partial charge in [0.25, 0.3) is 0 Å². The number of hydrogen-bond donors (Lipinski definition) is 2. The molecule has 128 valence electrons. The fourth-order valence-electron chi connectivity index (χ4n) is 2.10. The fraction of sp³-hybridized carbons (Fsp3) is 0.222. The summed E-state index contributed by atoms with van der Waals surface area (Å²) in [4.78, 5) is 2.52. The quantitative estimate of drug-likeness (QED) is 0.364. The van der Waals surface area contributed by atoms with Gasteiger partial charge in [0.05, 0.1) is 0 Å². The molecule has 0 aliphatic carbocycles. The van der Waals surface area contributed by atoms with Crippen molar-refractivity contribution in [3.05, 3.63) is 54.1 Å². The third kappa shape index (κ3) is 4.15. The largest absolute Gasteiger partial charge is 0.492 e. The Morgan fingerprint density at radius 2 is 1.92 bits per heavy atom. The average molecular weight is 345 g/mol. The van der Waals surface area contributed by atoms with E-state index in [1.807, 2.05) is 25.1 Å². The lowest BCUT2D eigenvalue weighted by atomic mass is 10.2. The predicted molar refractivity (Wildman–Crippen MR) is 102 cm³/mol. The molecule has 3 N–H and O–H groups in total. The predicted octanol–water partition coefficient (Wildman–Crippen LogP) is 2.31. The van der Waals surface area contributed by atoms with Gasteiger partial charge in [-0.3, -0.25) is 9.62 Å². The van der Waals surface area contributed by atoms with Gasteiger partial charge >= 0.3 is 0 Å². The molecule has 1 unspecified atom stereocenters. The Morgan fingerprint density at radius 1 is 1.25 bits per heavy atom. The molecule has 24 heavy (non-hydrogen) atoms. The molecular weight excluding hydrogens is 322 g/mol. The Kier molecular flexibility index (Phi) is 5.64. The number of likely N-dealkylation sites (N-methyl/N-ethyl adjacent to an activating group) is 1. The number of ether oxygens (including phenoxy) is 1. The molecule has 2 rings (SSSR count). The summed E-state index contributed by atoms with van der Waals surface area (Å²) >= 11 is 0. The molecule has 0 aromatic heterocycles. The minimum atomic E-state index is -2.93. The van der Waals surface area contributed by atoms with Crippen LogP contribution in [0.25, 0.3) is 0 Å². The fourth-order valence-corrected chi connectivity index (χ4v) is 3.47. The van der Waals surface area contributed by atoms with E-state index in [9.17, 15) is 4.21 Å². The first kappa shape index (κ1) is 18.0. The van der Waals surface area contributed by atoms with E-state index < -0.39 is 9.52 Å². The summed E-state index contributed by atoms with van der Waals surface area (Å²) in [6.45, 7) is 1.29. The van der Waals surface area contributed by atoms with Crippen molar-refractivity contribution in [2.75, 3.05) is 33.0 Å². The van der Waals surface area contributed by atoms with Gasteiger partial charge in [0.1, 0.15) is 17.4 Å². The zero-order valence-corrected chi connectivity index (χ0v) is 14.8. The topological polar surface area (TPSA) is 79.4 Å². The number of benzene rings is 2. The molecule has 0 saturated carbocycles. The van der Waals surface area contributed by atoms with E-state index >= 15 is 0 Å². The van der Waals surface area contributed by atoms with Crippen molar-refractivity contribution in [3.8, 4) is 5.75 Å². The molecule has 0 amide bonds. The van der Waals surface area contributed by atoms with Crippen LogP contribution in [0, 0.1) is 5.41 Å². The van der Waals surface area contributed by atoms with Crippen molar-refractivity contribution in [2.24, 2.45) is 0 Å². The number of rotatable bonds is 6. The monoisotopic (exact) mass is 345 g/mol. The van der Waals surface area contributed by atoms with Crippen LogP contribution >= 0.6 is 0 Å². The lowest BCUT2D eigenvalue weighted by molar-refractivity contribution is 0.261. The van der Waals surface area contributed by atoms with Crippen molar-refractivity contribution >= 4 is 26.1 Å². The summed E-state index contributed by atoms with van der Waals surface area (Å²) in [5.41, 5.74) is 6.76. The molecule has 0 aliphatic rings. The zero-order valence-electron chi connectivity index (χ0n) is 14.0. The van der Waals surface area contributed by atoms with Crippen LogP contribution in [0.5, 0.6) is 5.75 Å². The summed E-state index contributed by atoms with van der Waals surface area (Å²) in [5.74, 6) is 4.36. The summed E-state index contributed by atoms with van der Waals surface area (Å²) in [5, 5.41) is 8.28. The second-order valence-corrected chi connectivity index (χ2v) is 7.95. The number of hydrogen-bond acceptors (Lipinski definition) is 5. The van der Waals surface area contributed by atoms with Crippen molar-refractivity contribution in [2.45, 2.75) is 4.90 Å². The Bertz CT molecular complexity index is 815. The van der Waals surface area contributed by atoms with Crippen LogP contribution in [0.1, 0.15) is 5.56 Å². The van der Waals surface area contributed by atoms with Gasteiger partial charge in [-0.05, 0) is 50.3 Å². The highest BCUT2D eigenvalue weighted by molar-refractivity contribution is 8.14. The van der Waals surface area contributed by atoms with Crippen molar-refractivity contribution in [1.82, 2.24) is 4.90 Å². The molecule has 1 atom stereocenters. The highest BCUT2D eigenvalue weighted by atomic mass is 32.2. The summed E-state index contributed by atoms with van der Waals surface area (Å²) in [6, 6.07) is 13.9. The molecule has 0 heterocycles. The van der Waals surface area contributed by atoms with E-state index in [0.29, 0.717) is 28.5 Å². The Morgan fingerprint density at radius 3 is 2.54 bits per heavy atom. The van der Waals surface area contributed by atoms with Crippen LogP contribution in [0.2, 0.25) is 0 Å². The van der Waals surface area contributed by atoms with Gasteiger partial charge in [-0.15, -0.1) is 0 Å². The minimum Gasteiger partial charge on any atom is -0.492 e. The molecule has 0 bridgehead atoms. The van der Waals surface area contributed by atoms with Crippen LogP contribution in [0.3, 0.4) is 0 Å². The van der Waals surface area contributed by atoms with Gasteiger partial charge in [0.15, 0.2) is 0 Å².